The summed E-state index contributed by atoms with van der Waals surface area (Å²) in [5.74, 6) is 0. The van der Waals surface area contributed by atoms with Crippen molar-refractivity contribution in [2.75, 3.05) is 0 Å². The summed E-state index contributed by atoms with van der Waals surface area (Å²) >= 11 is 30.7. The molecule has 0 aromatic heterocycles. The van der Waals surface area contributed by atoms with Gasteiger partial charge in [-0.15, -0.1) is 0 Å². The number of nitrogens with two attached hydrogens (primary N) is 1. The van der Waals surface area contributed by atoms with Crippen molar-refractivity contribution in [1.29, 1.82) is 0 Å². The van der Waals surface area contributed by atoms with Crippen LogP contribution < -0.4 is 5.73 Å². The molecule has 2 atom stereocenters. The van der Waals surface area contributed by atoms with Crippen molar-refractivity contribution in [3.05, 3.63) is 30.7 Å². The summed E-state index contributed by atoms with van der Waals surface area (Å²) in [4.78, 5) is 4.28. The zero-order chi connectivity index (χ0) is 15.7. The Balaban J connectivity index is 2.46. The molecule has 1 aromatic rings. The highest BCUT2D eigenvalue weighted by Gasteiger charge is 2.36. The molecule has 0 aliphatic carbocycles. The Morgan fingerprint density at radius 3 is 2.05 bits per heavy atom. The molecule has 2 rings (SSSR count). The third-order valence-electron chi connectivity index (χ3n) is 3.27. The summed E-state index contributed by atoms with van der Waals surface area (Å²) in [6, 6.07) is -0.0660. The van der Waals surface area contributed by atoms with Crippen LogP contribution in [0.1, 0.15) is 37.9 Å². The van der Waals surface area contributed by atoms with Gasteiger partial charge in [-0.05, 0) is 6.42 Å². The minimum absolute atomic E-state index is 0.107. The fourth-order valence-corrected chi connectivity index (χ4v) is 3.59. The Hall–Kier alpha value is -0.0600. The van der Waals surface area contributed by atoms with E-state index in [0.29, 0.717) is 5.56 Å². The Bertz CT molecular complexity index is 561. The number of hydrogen-bond acceptors (Lipinski definition) is 3. The van der Waals surface area contributed by atoms with Crippen LogP contribution in [0.25, 0.3) is 0 Å². The molecule has 1 aliphatic heterocycles. The number of aliphatic imine (C=N–C) groups is 1. The second kappa shape index (κ2) is 7.01. The molecule has 116 valence electrons. The van der Waals surface area contributed by atoms with Crippen molar-refractivity contribution in [2.45, 2.75) is 38.3 Å². The van der Waals surface area contributed by atoms with Crippen molar-refractivity contribution in [3.8, 4) is 0 Å². The fourth-order valence-electron chi connectivity index (χ4n) is 2.22. The summed E-state index contributed by atoms with van der Waals surface area (Å²) in [5, 5.41) is 0.839. The smallest absolute Gasteiger partial charge is 0.283 e. The molecular formula is C13H13Cl5N2O. The normalized spacial score (nSPS) is 21.3. The van der Waals surface area contributed by atoms with Gasteiger partial charge in [-0.2, -0.15) is 0 Å². The Morgan fingerprint density at radius 2 is 1.52 bits per heavy atom. The van der Waals surface area contributed by atoms with Crippen molar-refractivity contribution >= 4 is 64.0 Å². The van der Waals surface area contributed by atoms with E-state index in [1.54, 1.807) is 0 Å². The van der Waals surface area contributed by atoms with E-state index in [2.05, 4.69) is 11.9 Å². The van der Waals surface area contributed by atoms with E-state index in [4.69, 9.17) is 68.5 Å². The van der Waals surface area contributed by atoms with Gasteiger partial charge in [-0.3, -0.25) is 0 Å². The molecule has 21 heavy (non-hydrogen) atoms. The van der Waals surface area contributed by atoms with E-state index in [0.717, 1.165) is 19.3 Å². The first kappa shape index (κ1) is 17.3. The molecular weight excluding hydrogens is 377 g/mol. The lowest BCUT2D eigenvalue weighted by Gasteiger charge is -2.21. The lowest BCUT2D eigenvalue weighted by molar-refractivity contribution is 0.187. The number of rotatable bonds is 4. The standard InChI is InChI=1S/C13H13Cl5N2O/c1-2-3-4-5-12(21-13(19)20-5)6-7(14)9(16)11(18)10(17)8(6)15/h5,12H,2-4H2,1H3,(H2,19,20). The predicted molar refractivity (Wildman–Crippen MR) is 90.3 cm³/mol. The van der Waals surface area contributed by atoms with Crippen LogP contribution >= 0.6 is 58.0 Å². The first-order chi connectivity index (χ1) is 9.88. The number of nitrogens with zero attached hydrogens (tertiary/aromatic N) is 1. The number of amidine groups is 1. The number of hydrogen-bond donors (Lipinski definition) is 1. The molecule has 1 aromatic carbocycles. The average Bonchev–Trinajstić information content (AvgIpc) is 2.82. The van der Waals surface area contributed by atoms with E-state index in [1.807, 2.05) is 0 Å². The monoisotopic (exact) mass is 388 g/mol. The maximum atomic E-state index is 6.27. The first-order valence-corrected chi connectivity index (χ1v) is 8.28. The maximum absolute atomic E-state index is 6.27. The van der Waals surface area contributed by atoms with Gasteiger partial charge < -0.3 is 10.5 Å². The summed E-state index contributed by atoms with van der Waals surface area (Å²) < 4.78 is 5.57. The van der Waals surface area contributed by atoms with Crippen molar-refractivity contribution in [3.63, 3.8) is 0 Å². The van der Waals surface area contributed by atoms with Crippen LogP contribution in [-0.2, 0) is 4.74 Å². The van der Waals surface area contributed by atoms with Crippen molar-refractivity contribution in [2.24, 2.45) is 10.7 Å². The Kier molecular flexibility index (Phi) is 5.77. The van der Waals surface area contributed by atoms with Crippen LogP contribution in [0.3, 0.4) is 0 Å². The van der Waals surface area contributed by atoms with E-state index < -0.39 is 6.10 Å². The van der Waals surface area contributed by atoms with Crippen LogP contribution in [0.2, 0.25) is 25.1 Å². The summed E-state index contributed by atoms with van der Waals surface area (Å²) in [6.07, 6.45) is 2.30. The van der Waals surface area contributed by atoms with Gasteiger partial charge in [0, 0.05) is 5.56 Å². The molecule has 0 amide bonds. The molecule has 1 heterocycles. The third-order valence-corrected chi connectivity index (χ3v) is 5.58. The highest BCUT2D eigenvalue weighted by Crippen LogP contribution is 2.48. The van der Waals surface area contributed by atoms with Gasteiger partial charge in [-0.25, -0.2) is 4.99 Å². The lowest BCUT2D eigenvalue weighted by Crippen LogP contribution is -2.17. The highest BCUT2D eigenvalue weighted by atomic mass is 35.5. The SMILES string of the molecule is CCCCC1N=C(N)OC1c1c(Cl)c(Cl)c(Cl)c(Cl)c1Cl. The summed E-state index contributed by atoms with van der Waals surface area (Å²) in [7, 11) is 0. The van der Waals surface area contributed by atoms with Crippen LogP contribution in [0.15, 0.2) is 4.99 Å². The van der Waals surface area contributed by atoms with E-state index in [-0.39, 0.29) is 37.2 Å². The van der Waals surface area contributed by atoms with Gasteiger partial charge in [0.25, 0.3) is 6.02 Å². The summed E-state index contributed by atoms with van der Waals surface area (Å²) in [5.41, 5.74) is 6.16. The molecule has 8 heteroatoms. The molecule has 3 nitrogen and oxygen atoms in total. The van der Waals surface area contributed by atoms with Gasteiger partial charge in [0.05, 0.1) is 31.2 Å². The highest BCUT2D eigenvalue weighted by molar-refractivity contribution is 6.55. The minimum atomic E-state index is -0.510. The van der Waals surface area contributed by atoms with Crippen LogP contribution in [0.4, 0.5) is 0 Å². The average molecular weight is 391 g/mol. The lowest BCUT2D eigenvalue weighted by atomic mass is 9.98. The largest absolute Gasteiger partial charge is 0.455 e. The van der Waals surface area contributed by atoms with Gasteiger partial charge in [0.2, 0.25) is 0 Å². The van der Waals surface area contributed by atoms with Crippen LogP contribution in [0.5, 0.6) is 0 Å². The van der Waals surface area contributed by atoms with E-state index in [9.17, 15) is 0 Å². The fraction of sp³-hybridized carbons (Fsp3) is 0.462. The zero-order valence-corrected chi connectivity index (χ0v) is 14.9. The third kappa shape index (κ3) is 3.32. The summed E-state index contributed by atoms with van der Waals surface area (Å²) in [6.45, 7) is 2.09. The van der Waals surface area contributed by atoms with Gasteiger partial charge in [0.15, 0.2) is 6.10 Å². The second-order valence-corrected chi connectivity index (χ2v) is 6.59. The van der Waals surface area contributed by atoms with Gasteiger partial charge >= 0.3 is 0 Å². The molecule has 0 bridgehead atoms. The molecule has 2 N–H and O–H groups in total. The first-order valence-electron chi connectivity index (χ1n) is 6.39. The Morgan fingerprint density at radius 1 is 1.00 bits per heavy atom. The topological polar surface area (TPSA) is 47.6 Å². The molecule has 1 aliphatic rings. The number of halogens is 5. The molecule has 0 saturated carbocycles. The zero-order valence-electron chi connectivity index (χ0n) is 11.1. The van der Waals surface area contributed by atoms with E-state index in [1.165, 1.54) is 0 Å². The van der Waals surface area contributed by atoms with Crippen LogP contribution in [-0.4, -0.2) is 12.1 Å². The number of ether oxygens (including phenoxy) is 1. The van der Waals surface area contributed by atoms with Gasteiger partial charge in [0.1, 0.15) is 0 Å². The number of unbranched alkanes of at least 4 members (excludes halogenated alkanes) is 1. The van der Waals surface area contributed by atoms with E-state index >= 15 is 0 Å². The molecule has 0 saturated heterocycles. The Labute approximate surface area is 148 Å². The van der Waals surface area contributed by atoms with Crippen molar-refractivity contribution < 1.29 is 4.74 Å². The van der Waals surface area contributed by atoms with Gasteiger partial charge in [-0.1, -0.05) is 77.8 Å². The van der Waals surface area contributed by atoms with Crippen molar-refractivity contribution in [1.82, 2.24) is 0 Å². The molecule has 0 radical (unpaired) electrons. The maximum Gasteiger partial charge on any atom is 0.283 e. The second-order valence-electron chi connectivity index (χ2n) is 4.70. The molecule has 0 spiro atoms. The number of benzene rings is 1. The van der Waals surface area contributed by atoms with Crippen LogP contribution in [0, 0.1) is 0 Å². The predicted octanol–water partition coefficient (Wildman–Crippen LogP) is 5.90. The molecule has 2 unspecified atom stereocenters. The minimum Gasteiger partial charge on any atom is -0.455 e. The quantitative estimate of drug-likeness (QED) is 0.514. The molecule has 0 fully saturated rings.